The Hall–Kier alpha value is -1.50. The summed E-state index contributed by atoms with van der Waals surface area (Å²) in [5, 5.41) is 6.76. The number of hydrogen-bond donors (Lipinski definition) is 2. The molecule has 2 aliphatic rings. The standard InChI is InChI=1S/C22H36N4O2/c1-2-28-11-5-10-24-22(27)8-3-7-21-20-12-19(14-25-21)16-26(17-20)15-18-6-4-9-23-13-18/h4,6,9,13,19-21,25H,2-3,5,7-8,10-12,14-17H2,1H3,(H,24,27)/t19?,20?,21-/m1/s1. The minimum absolute atomic E-state index is 0.173. The molecule has 2 fully saturated rings. The molecule has 2 N–H and O–H groups in total. The second-order valence-electron chi connectivity index (χ2n) is 8.22. The molecule has 6 heteroatoms. The molecule has 0 aliphatic carbocycles. The Kier molecular flexibility index (Phi) is 8.70. The highest BCUT2D eigenvalue weighted by Gasteiger charge is 2.36. The first-order valence-corrected chi connectivity index (χ1v) is 10.9. The fourth-order valence-electron chi connectivity index (χ4n) is 4.61. The maximum atomic E-state index is 12.0. The fraction of sp³-hybridized carbons (Fsp3) is 0.727. The van der Waals surface area contributed by atoms with Gasteiger partial charge in [0.1, 0.15) is 0 Å². The second-order valence-corrected chi connectivity index (χ2v) is 8.22. The van der Waals surface area contributed by atoms with Gasteiger partial charge in [0, 0.05) is 64.2 Å². The number of rotatable bonds is 11. The number of likely N-dealkylation sites (tertiary alicyclic amines) is 1. The number of fused-ring (bicyclic) bond motifs is 2. The van der Waals surface area contributed by atoms with Gasteiger partial charge in [-0.15, -0.1) is 0 Å². The number of carbonyl (C=O) groups excluding carboxylic acids is 1. The third-order valence-corrected chi connectivity index (χ3v) is 5.92. The van der Waals surface area contributed by atoms with Crippen molar-refractivity contribution in [3.8, 4) is 0 Å². The molecular weight excluding hydrogens is 352 g/mol. The van der Waals surface area contributed by atoms with Gasteiger partial charge in [0.05, 0.1) is 0 Å². The van der Waals surface area contributed by atoms with Gasteiger partial charge in [0.2, 0.25) is 5.91 Å². The van der Waals surface area contributed by atoms with Gasteiger partial charge in [-0.3, -0.25) is 14.7 Å². The van der Waals surface area contributed by atoms with Gasteiger partial charge in [-0.1, -0.05) is 6.07 Å². The van der Waals surface area contributed by atoms with Gasteiger partial charge < -0.3 is 15.4 Å². The summed E-state index contributed by atoms with van der Waals surface area (Å²) >= 11 is 0. The number of nitrogens with one attached hydrogen (secondary N) is 2. The van der Waals surface area contributed by atoms with E-state index in [1.54, 1.807) is 0 Å². The Morgan fingerprint density at radius 2 is 2.32 bits per heavy atom. The number of aromatic nitrogens is 1. The predicted molar refractivity (Wildman–Crippen MR) is 111 cm³/mol. The van der Waals surface area contributed by atoms with E-state index in [0.717, 1.165) is 58.0 Å². The Labute approximate surface area is 169 Å². The average molecular weight is 389 g/mol. The molecule has 2 bridgehead atoms. The first kappa shape index (κ1) is 21.2. The maximum absolute atomic E-state index is 12.0. The summed E-state index contributed by atoms with van der Waals surface area (Å²) < 4.78 is 5.29. The molecule has 6 nitrogen and oxygen atoms in total. The number of amides is 1. The SMILES string of the molecule is CCOCCCNC(=O)CCC[C@H]1NCC2CC1CN(Cc1cccnc1)C2. The Balaban J connectivity index is 1.35. The molecule has 3 heterocycles. The zero-order valence-electron chi connectivity index (χ0n) is 17.2. The van der Waals surface area contributed by atoms with Gasteiger partial charge in [-0.25, -0.2) is 0 Å². The average Bonchev–Trinajstić information content (AvgIpc) is 2.70. The molecule has 28 heavy (non-hydrogen) atoms. The smallest absolute Gasteiger partial charge is 0.219 e. The number of pyridine rings is 1. The molecule has 1 amide bonds. The Morgan fingerprint density at radius 1 is 1.39 bits per heavy atom. The summed E-state index contributed by atoms with van der Waals surface area (Å²) in [6.45, 7) is 8.60. The lowest BCUT2D eigenvalue weighted by Gasteiger charge is -2.46. The summed E-state index contributed by atoms with van der Waals surface area (Å²) in [5.41, 5.74) is 1.30. The quantitative estimate of drug-likeness (QED) is 0.569. The van der Waals surface area contributed by atoms with Crippen molar-refractivity contribution in [3.63, 3.8) is 0 Å². The molecule has 1 aromatic rings. The van der Waals surface area contributed by atoms with Crippen LogP contribution in [0.5, 0.6) is 0 Å². The van der Waals surface area contributed by atoms with Crippen LogP contribution in [0.4, 0.5) is 0 Å². The predicted octanol–water partition coefficient (Wildman–Crippen LogP) is 2.20. The van der Waals surface area contributed by atoms with E-state index in [1.165, 1.54) is 18.5 Å². The van der Waals surface area contributed by atoms with Crippen molar-refractivity contribution in [3.05, 3.63) is 30.1 Å². The largest absolute Gasteiger partial charge is 0.382 e. The van der Waals surface area contributed by atoms with E-state index in [-0.39, 0.29) is 5.91 Å². The van der Waals surface area contributed by atoms with Crippen LogP contribution in [0.2, 0.25) is 0 Å². The molecule has 0 radical (unpaired) electrons. The third-order valence-electron chi connectivity index (χ3n) is 5.92. The summed E-state index contributed by atoms with van der Waals surface area (Å²) in [4.78, 5) is 18.8. The second kappa shape index (κ2) is 11.5. The van der Waals surface area contributed by atoms with Crippen LogP contribution in [-0.2, 0) is 16.1 Å². The fourth-order valence-corrected chi connectivity index (χ4v) is 4.61. The summed E-state index contributed by atoms with van der Waals surface area (Å²) in [7, 11) is 0. The maximum Gasteiger partial charge on any atom is 0.219 e. The van der Waals surface area contributed by atoms with Gasteiger partial charge in [-0.05, 0) is 62.6 Å². The molecule has 0 spiro atoms. The zero-order chi connectivity index (χ0) is 19.6. The van der Waals surface area contributed by atoms with Crippen LogP contribution in [0.15, 0.2) is 24.5 Å². The topological polar surface area (TPSA) is 66.5 Å². The van der Waals surface area contributed by atoms with E-state index < -0.39 is 0 Å². The molecular formula is C22H36N4O2. The summed E-state index contributed by atoms with van der Waals surface area (Å²) in [6.07, 6.45) is 8.70. The van der Waals surface area contributed by atoms with Crippen molar-refractivity contribution in [1.82, 2.24) is 20.5 Å². The first-order valence-electron chi connectivity index (χ1n) is 10.9. The van der Waals surface area contributed by atoms with E-state index in [1.807, 2.05) is 25.4 Å². The summed E-state index contributed by atoms with van der Waals surface area (Å²) in [5.74, 6) is 1.62. The molecule has 0 aromatic carbocycles. The Bertz CT molecular complexity index is 583. The number of hydrogen-bond acceptors (Lipinski definition) is 5. The van der Waals surface area contributed by atoms with Crippen LogP contribution in [0, 0.1) is 11.8 Å². The molecule has 3 rings (SSSR count). The van der Waals surface area contributed by atoms with E-state index in [2.05, 4.69) is 26.6 Å². The van der Waals surface area contributed by atoms with Crippen LogP contribution >= 0.6 is 0 Å². The minimum atomic E-state index is 0.173. The number of piperidine rings is 2. The van der Waals surface area contributed by atoms with E-state index in [9.17, 15) is 4.79 Å². The van der Waals surface area contributed by atoms with Crippen molar-refractivity contribution in [2.45, 2.75) is 51.6 Å². The lowest BCUT2D eigenvalue weighted by atomic mass is 9.79. The van der Waals surface area contributed by atoms with Crippen LogP contribution in [-0.4, -0.2) is 61.2 Å². The van der Waals surface area contributed by atoms with Crippen molar-refractivity contribution in [1.29, 1.82) is 0 Å². The van der Waals surface area contributed by atoms with Gasteiger partial charge in [0.15, 0.2) is 0 Å². The normalized spacial score (nSPS) is 24.8. The molecule has 2 unspecified atom stereocenters. The Morgan fingerprint density at radius 3 is 3.14 bits per heavy atom. The van der Waals surface area contributed by atoms with Crippen molar-refractivity contribution < 1.29 is 9.53 Å². The van der Waals surface area contributed by atoms with Gasteiger partial charge >= 0.3 is 0 Å². The molecule has 3 atom stereocenters. The highest BCUT2D eigenvalue weighted by molar-refractivity contribution is 5.75. The number of ether oxygens (including phenoxy) is 1. The van der Waals surface area contributed by atoms with Crippen LogP contribution in [0.3, 0.4) is 0 Å². The van der Waals surface area contributed by atoms with Crippen molar-refractivity contribution >= 4 is 5.91 Å². The van der Waals surface area contributed by atoms with Gasteiger partial charge in [-0.2, -0.15) is 0 Å². The molecule has 0 saturated carbocycles. The zero-order valence-corrected chi connectivity index (χ0v) is 17.2. The summed E-state index contributed by atoms with van der Waals surface area (Å²) in [6, 6.07) is 4.73. The molecule has 2 saturated heterocycles. The monoisotopic (exact) mass is 388 g/mol. The van der Waals surface area contributed by atoms with E-state index in [4.69, 9.17) is 4.74 Å². The van der Waals surface area contributed by atoms with Crippen molar-refractivity contribution in [2.24, 2.45) is 11.8 Å². The van der Waals surface area contributed by atoms with Crippen LogP contribution < -0.4 is 10.6 Å². The number of carbonyl (C=O) groups is 1. The van der Waals surface area contributed by atoms with Crippen molar-refractivity contribution in [2.75, 3.05) is 39.4 Å². The van der Waals surface area contributed by atoms with E-state index in [0.29, 0.717) is 24.9 Å². The highest BCUT2D eigenvalue weighted by Crippen LogP contribution is 2.31. The number of nitrogens with zero attached hydrogens (tertiary/aromatic N) is 2. The van der Waals surface area contributed by atoms with Gasteiger partial charge in [0.25, 0.3) is 0 Å². The molecule has 156 valence electrons. The minimum Gasteiger partial charge on any atom is -0.382 e. The first-order chi connectivity index (χ1) is 13.7. The third kappa shape index (κ3) is 6.83. The van der Waals surface area contributed by atoms with E-state index >= 15 is 0 Å². The lowest BCUT2D eigenvalue weighted by Crippen LogP contribution is -2.55. The van der Waals surface area contributed by atoms with Crippen LogP contribution in [0.1, 0.15) is 44.6 Å². The molecule has 2 aliphatic heterocycles. The van der Waals surface area contributed by atoms with Crippen LogP contribution in [0.25, 0.3) is 0 Å². The highest BCUT2D eigenvalue weighted by atomic mass is 16.5. The lowest BCUT2D eigenvalue weighted by molar-refractivity contribution is -0.121. The molecule has 1 aromatic heterocycles.